The monoisotopic (exact) mass is 369 g/mol. The maximum Gasteiger partial charge on any atom is 0.222 e. The van der Waals surface area contributed by atoms with E-state index < -0.39 is 0 Å². The lowest BCUT2D eigenvalue weighted by atomic mass is 10.1. The van der Waals surface area contributed by atoms with Crippen molar-refractivity contribution in [2.24, 2.45) is 0 Å². The second kappa shape index (κ2) is 7.52. The highest BCUT2D eigenvalue weighted by Crippen LogP contribution is 2.28. The largest absolute Gasteiger partial charge is 0.496 e. The maximum atomic E-state index is 9.68. The smallest absolute Gasteiger partial charge is 0.222 e. The lowest BCUT2D eigenvalue weighted by molar-refractivity contribution is 0.185. The van der Waals surface area contributed by atoms with Crippen molar-refractivity contribution in [2.45, 2.75) is 53.2 Å². The van der Waals surface area contributed by atoms with E-state index in [1.165, 1.54) is 0 Å². The van der Waals surface area contributed by atoms with Crippen molar-refractivity contribution in [3.05, 3.63) is 40.5 Å². The number of methoxy groups -OCH3 is 1. The molecule has 7 heteroatoms. The van der Waals surface area contributed by atoms with Crippen LogP contribution in [-0.4, -0.2) is 37.8 Å². The molecule has 0 saturated carbocycles. The molecule has 3 N–H and O–H groups in total. The van der Waals surface area contributed by atoms with Crippen LogP contribution in [0.3, 0.4) is 0 Å². The quantitative estimate of drug-likeness (QED) is 0.693. The van der Waals surface area contributed by atoms with Gasteiger partial charge in [0.1, 0.15) is 11.4 Å². The zero-order chi connectivity index (χ0) is 19.7. The number of ether oxygens (including phenoxy) is 1. The zero-order valence-corrected chi connectivity index (χ0v) is 16.6. The van der Waals surface area contributed by atoms with Crippen LogP contribution in [0.4, 0.5) is 5.95 Å². The van der Waals surface area contributed by atoms with Crippen LogP contribution in [0.2, 0.25) is 0 Å². The van der Waals surface area contributed by atoms with E-state index in [4.69, 9.17) is 10.5 Å². The fraction of sp³-hybridized carbons (Fsp3) is 0.450. The molecule has 0 saturated heterocycles. The molecule has 0 fully saturated rings. The minimum atomic E-state index is -0.358. The summed E-state index contributed by atoms with van der Waals surface area (Å²) in [7, 11) is 1.68. The summed E-state index contributed by atoms with van der Waals surface area (Å²) in [4.78, 5) is 13.4. The number of pyridine rings is 1. The van der Waals surface area contributed by atoms with Crippen LogP contribution < -0.4 is 10.5 Å². The predicted octanol–water partition coefficient (Wildman–Crippen LogP) is 2.70. The molecular formula is C20H27N5O2. The van der Waals surface area contributed by atoms with Gasteiger partial charge in [-0.25, -0.2) is 4.98 Å². The molecule has 144 valence electrons. The van der Waals surface area contributed by atoms with Crippen LogP contribution in [-0.2, 0) is 13.0 Å². The van der Waals surface area contributed by atoms with Crippen LogP contribution in [0.1, 0.15) is 41.4 Å². The van der Waals surface area contributed by atoms with Crippen LogP contribution in [0.15, 0.2) is 12.4 Å². The molecule has 3 aromatic rings. The van der Waals surface area contributed by atoms with Gasteiger partial charge in [-0.2, -0.15) is 4.98 Å². The molecule has 0 bridgehead atoms. The number of nitrogen functional groups attached to an aromatic ring is 1. The molecule has 0 aromatic carbocycles. The second-order valence-corrected chi connectivity index (χ2v) is 7.08. The van der Waals surface area contributed by atoms with Gasteiger partial charge in [0.25, 0.3) is 0 Å². The second-order valence-electron chi connectivity index (χ2n) is 7.08. The summed E-state index contributed by atoms with van der Waals surface area (Å²) >= 11 is 0. The Bertz CT molecular complexity index is 978. The van der Waals surface area contributed by atoms with Crippen molar-refractivity contribution >= 4 is 17.0 Å². The zero-order valence-electron chi connectivity index (χ0n) is 16.6. The molecule has 7 nitrogen and oxygen atoms in total. The summed E-state index contributed by atoms with van der Waals surface area (Å²) in [6.45, 7) is 8.30. The molecule has 3 aromatic heterocycles. The molecule has 1 atom stereocenters. The van der Waals surface area contributed by atoms with E-state index in [0.29, 0.717) is 13.0 Å². The van der Waals surface area contributed by atoms with Crippen molar-refractivity contribution in [3.8, 4) is 5.75 Å². The van der Waals surface area contributed by atoms with Crippen molar-refractivity contribution in [3.63, 3.8) is 0 Å². The number of aryl methyl sites for hydroxylation is 3. The number of fused-ring (bicyclic) bond motifs is 1. The molecule has 0 aliphatic heterocycles. The first-order valence-electron chi connectivity index (χ1n) is 9.10. The first-order chi connectivity index (χ1) is 12.8. The SMILES string of the molecule is COc1c(C)cnc(Cn2cc(CCC(C)O)c3c(C)nc(N)nc32)c1C. The molecule has 1 unspecified atom stereocenters. The van der Waals surface area contributed by atoms with Gasteiger partial charge in [-0.15, -0.1) is 0 Å². The van der Waals surface area contributed by atoms with Crippen molar-refractivity contribution in [1.82, 2.24) is 19.5 Å². The van der Waals surface area contributed by atoms with Crippen molar-refractivity contribution in [1.29, 1.82) is 0 Å². The molecule has 3 heterocycles. The van der Waals surface area contributed by atoms with E-state index in [1.54, 1.807) is 14.0 Å². The molecular weight excluding hydrogens is 342 g/mol. The Morgan fingerprint density at radius 1 is 1.26 bits per heavy atom. The Balaban J connectivity index is 2.09. The fourth-order valence-corrected chi connectivity index (χ4v) is 3.54. The molecule has 3 rings (SSSR count). The van der Waals surface area contributed by atoms with Gasteiger partial charge in [-0.05, 0) is 46.1 Å². The molecule has 0 radical (unpaired) electrons. The Kier molecular flexibility index (Phi) is 5.32. The summed E-state index contributed by atoms with van der Waals surface area (Å²) in [6, 6.07) is 0. The van der Waals surface area contributed by atoms with Gasteiger partial charge in [0, 0.05) is 28.9 Å². The third-order valence-corrected chi connectivity index (χ3v) is 4.89. The van der Waals surface area contributed by atoms with E-state index in [1.807, 2.05) is 27.0 Å². The first-order valence-corrected chi connectivity index (χ1v) is 9.10. The number of aliphatic hydroxyl groups excluding tert-OH is 1. The average molecular weight is 369 g/mol. The summed E-state index contributed by atoms with van der Waals surface area (Å²) in [6.07, 6.45) is 4.97. The molecule has 0 aliphatic rings. The number of hydrogen-bond donors (Lipinski definition) is 2. The minimum Gasteiger partial charge on any atom is -0.496 e. The first kappa shape index (κ1) is 19.1. The van der Waals surface area contributed by atoms with Gasteiger partial charge in [0.2, 0.25) is 5.95 Å². The van der Waals surface area contributed by atoms with Gasteiger partial charge in [0.05, 0.1) is 31.1 Å². The van der Waals surface area contributed by atoms with Gasteiger partial charge in [-0.1, -0.05) is 0 Å². The lowest BCUT2D eigenvalue weighted by Gasteiger charge is -2.13. The van der Waals surface area contributed by atoms with E-state index in [0.717, 1.165) is 51.3 Å². The number of anilines is 1. The van der Waals surface area contributed by atoms with E-state index >= 15 is 0 Å². The third-order valence-electron chi connectivity index (χ3n) is 4.89. The third kappa shape index (κ3) is 3.73. The van der Waals surface area contributed by atoms with Gasteiger partial charge >= 0.3 is 0 Å². The Morgan fingerprint density at radius 2 is 2.00 bits per heavy atom. The number of hydrogen-bond acceptors (Lipinski definition) is 6. The lowest BCUT2D eigenvalue weighted by Crippen LogP contribution is -2.07. The summed E-state index contributed by atoms with van der Waals surface area (Å²) in [5.74, 6) is 1.11. The van der Waals surface area contributed by atoms with E-state index in [9.17, 15) is 5.11 Å². The summed E-state index contributed by atoms with van der Waals surface area (Å²) in [5, 5.41) is 10.7. The Hall–Kier alpha value is -2.67. The number of nitrogens with two attached hydrogens (primary N) is 1. The average Bonchev–Trinajstić information content (AvgIpc) is 2.94. The Morgan fingerprint density at radius 3 is 2.67 bits per heavy atom. The molecule has 0 amide bonds. The maximum absolute atomic E-state index is 9.68. The van der Waals surface area contributed by atoms with Gasteiger partial charge < -0.3 is 20.1 Å². The number of aliphatic hydroxyl groups is 1. The highest BCUT2D eigenvalue weighted by atomic mass is 16.5. The van der Waals surface area contributed by atoms with E-state index in [2.05, 4.69) is 25.7 Å². The molecule has 27 heavy (non-hydrogen) atoms. The predicted molar refractivity (Wildman–Crippen MR) is 106 cm³/mol. The summed E-state index contributed by atoms with van der Waals surface area (Å²) < 4.78 is 7.58. The van der Waals surface area contributed by atoms with Crippen molar-refractivity contribution in [2.75, 3.05) is 12.8 Å². The number of nitrogens with zero attached hydrogens (tertiary/aromatic N) is 4. The molecule has 0 spiro atoms. The minimum absolute atomic E-state index is 0.257. The number of rotatable bonds is 6. The standard InChI is InChI=1S/C20H27N5O2/c1-11-8-22-16(13(3)18(11)27-5)10-25-9-15(7-6-12(2)26)17-14(4)23-20(21)24-19(17)25/h8-9,12,26H,6-7,10H2,1-5H3,(H2,21,23,24). The van der Waals surface area contributed by atoms with Crippen molar-refractivity contribution < 1.29 is 9.84 Å². The van der Waals surface area contributed by atoms with Crippen LogP contribution in [0.5, 0.6) is 5.75 Å². The summed E-state index contributed by atoms with van der Waals surface area (Å²) in [5.41, 5.74) is 11.6. The van der Waals surface area contributed by atoms with Crippen LogP contribution in [0, 0.1) is 20.8 Å². The molecule has 0 aliphatic carbocycles. The van der Waals surface area contributed by atoms with Crippen LogP contribution in [0.25, 0.3) is 11.0 Å². The highest BCUT2D eigenvalue weighted by Gasteiger charge is 2.17. The number of aromatic nitrogens is 4. The van der Waals surface area contributed by atoms with Gasteiger partial charge in [-0.3, -0.25) is 4.98 Å². The highest BCUT2D eigenvalue weighted by molar-refractivity contribution is 5.83. The van der Waals surface area contributed by atoms with E-state index in [-0.39, 0.29) is 12.1 Å². The fourth-order valence-electron chi connectivity index (χ4n) is 3.54. The Labute approximate surface area is 159 Å². The topological polar surface area (TPSA) is 99.1 Å². The normalized spacial score (nSPS) is 12.5. The van der Waals surface area contributed by atoms with Gasteiger partial charge in [0.15, 0.2) is 0 Å². The van der Waals surface area contributed by atoms with Crippen LogP contribution >= 0.6 is 0 Å².